The number of carbonyl (C=O) groups is 3. The maximum Gasteiger partial charge on any atom is 0.407 e. The van der Waals surface area contributed by atoms with Gasteiger partial charge in [0.05, 0.1) is 5.92 Å². The van der Waals surface area contributed by atoms with E-state index in [4.69, 9.17) is 4.74 Å². The normalized spacial score (nSPS) is 20.4. The monoisotopic (exact) mass is 478 g/mol. The van der Waals surface area contributed by atoms with E-state index in [1.165, 1.54) is 0 Å². The highest BCUT2D eigenvalue weighted by Crippen LogP contribution is 2.44. The average Bonchev–Trinajstić information content (AvgIpc) is 3.47. The summed E-state index contributed by atoms with van der Waals surface area (Å²) in [7, 11) is 0. The van der Waals surface area contributed by atoms with Crippen LogP contribution in [0, 0.1) is 17.8 Å². The minimum absolute atomic E-state index is 0.0562. The molecule has 1 fully saturated rings. The molecule has 0 radical (unpaired) electrons. The van der Waals surface area contributed by atoms with Gasteiger partial charge in [-0.15, -0.1) is 0 Å². The summed E-state index contributed by atoms with van der Waals surface area (Å²) in [4.78, 5) is 37.2. The Morgan fingerprint density at radius 3 is 2.26 bits per heavy atom. The third-order valence-electron chi connectivity index (χ3n) is 7.63. The van der Waals surface area contributed by atoms with Gasteiger partial charge in [0.15, 0.2) is 0 Å². The molecule has 4 atom stereocenters. The van der Waals surface area contributed by atoms with Crippen LogP contribution in [0.1, 0.15) is 56.6 Å². The number of nitrogens with one attached hydrogen (secondary N) is 2. The van der Waals surface area contributed by atoms with Gasteiger partial charge in [0, 0.05) is 12.5 Å². The zero-order valence-corrected chi connectivity index (χ0v) is 20.3. The number of benzene rings is 2. The lowest BCUT2D eigenvalue weighted by atomic mass is 9.95. The number of amides is 2. The van der Waals surface area contributed by atoms with Crippen molar-refractivity contribution in [3.63, 3.8) is 0 Å². The Balaban J connectivity index is 1.37. The minimum atomic E-state index is -0.808. The van der Waals surface area contributed by atoms with Crippen molar-refractivity contribution in [2.45, 2.75) is 51.5 Å². The molecule has 0 heterocycles. The van der Waals surface area contributed by atoms with Crippen molar-refractivity contribution in [3.8, 4) is 11.1 Å². The fourth-order valence-corrected chi connectivity index (χ4v) is 5.42. The van der Waals surface area contributed by atoms with E-state index in [1.54, 1.807) is 0 Å². The van der Waals surface area contributed by atoms with Crippen LogP contribution < -0.4 is 10.6 Å². The smallest absolute Gasteiger partial charge is 0.407 e. The molecule has 0 spiro atoms. The van der Waals surface area contributed by atoms with Gasteiger partial charge < -0.3 is 20.5 Å². The zero-order valence-electron chi connectivity index (χ0n) is 20.3. The first-order chi connectivity index (χ1) is 16.9. The molecule has 0 saturated heterocycles. The molecular weight excluding hydrogens is 444 g/mol. The number of carboxylic acid groups (broad SMARTS) is 1. The second kappa shape index (κ2) is 10.9. The van der Waals surface area contributed by atoms with Crippen LogP contribution in [0.15, 0.2) is 48.5 Å². The van der Waals surface area contributed by atoms with Gasteiger partial charge in [0.25, 0.3) is 0 Å². The molecule has 4 rings (SSSR count). The number of rotatable bonds is 9. The summed E-state index contributed by atoms with van der Waals surface area (Å²) in [6.45, 7) is 4.34. The van der Waals surface area contributed by atoms with Gasteiger partial charge in [0.2, 0.25) is 5.91 Å². The summed E-state index contributed by atoms with van der Waals surface area (Å²) < 4.78 is 5.63. The second-order valence-corrected chi connectivity index (χ2v) is 9.71. The molecule has 0 aromatic heterocycles. The molecule has 2 aliphatic carbocycles. The highest BCUT2D eigenvalue weighted by atomic mass is 16.5. The Hall–Kier alpha value is -3.35. The van der Waals surface area contributed by atoms with Crippen LogP contribution in [0.5, 0.6) is 0 Å². The highest BCUT2D eigenvalue weighted by Gasteiger charge is 2.35. The summed E-state index contributed by atoms with van der Waals surface area (Å²) in [5.41, 5.74) is 4.56. The van der Waals surface area contributed by atoms with Crippen LogP contribution in [0.2, 0.25) is 0 Å². The summed E-state index contributed by atoms with van der Waals surface area (Å²) in [5, 5.41) is 15.0. The van der Waals surface area contributed by atoms with Crippen LogP contribution in [-0.2, 0) is 14.3 Å². The minimum Gasteiger partial charge on any atom is -0.481 e. The lowest BCUT2D eigenvalue weighted by Gasteiger charge is -2.25. The Kier molecular flexibility index (Phi) is 7.73. The van der Waals surface area contributed by atoms with Crippen molar-refractivity contribution in [3.05, 3.63) is 59.7 Å². The van der Waals surface area contributed by atoms with E-state index in [0.717, 1.165) is 35.1 Å². The number of hydrogen-bond donors (Lipinski definition) is 3. The number of carbonyl (C=O) groups excluding carboxylic acids is 2. The van der Waals surface area contributed by atoms with Crippen LogP contribution in [-0.4, -0.2) is 42.3 Å². The molecule has 2 amide bonds. The fraction of sp³-hybridized carbons (Fsp3) is 0.464. The first kappa shape index (κ1) is 24.8. The molecule has 2 aromatic rings. The van der Waals surface area contributed by atoms with Gasteiger partial charge in [-0.25, -0.2) is 4.79 Å². The number of ether oxygens (including phenoxy) is 1. The summed E-state index contributed by atoms with van der Waals surface area (Å²) in [5.74, 6) is -1.77. The Bertz CT molecular complexity index is 1040. The number of carboxylic acids is 1. The van der Waals surface area contributed by atoms with E-state index in [9.17, 15) is 19.5 Å². The van der Waals surface area contributed by atoms with Crippen molar-refractivity contribution in [1.82, 2.24) is 10.6 Å². The first-order valence-corrected chi connectivity index (χ1v) is 12.5. The standard InChI is InChI=1S/C28H34N2O5/c1-3-17(2)25(26(31)29-15-18-9-8-14-19(18)27(32)33)30-28(34)35-16-24-22-12-6-4-10-20(22)21-11-5-7-13-23(21)24/h4-7,10-13,17-19,24-25H,3,8-9,14-16H2,1-2H3,(H,29,31)(H,30,34)(H,32,33)/t17?,18-,19-,25?/m0/s1. The van der Waals surface area contributed by atoms with Gasteiger partial charge in [0.1, 0.15) is 12.6 Å². The third kappa shape index (κ3) is 5.34. The van der Waals surface area contributed by atoms with Gasteiger partial charge in [-0.1, -0.05) is 75.2 Å². The Labute approximate surface area is 206 Å². The number of hydrogen-bond acceptors (Lipinski definition) is 4. The fourth-order valence-electron chi connectivity index (χ4n) is 5.42. The van der Waals surface area contributed by atoms with Crippen molar-refractivity contribution in [1.29, 1.82) is 0 Å². The molecule has 2 aromatic carbocycles. The van der Waals surface area contributed by atoms with Gasteiger partial charge in [-0.05, 0) is 46.9 Å². The lowest BCUT2D eigenvalue weighted by Crippen LogP contribution is -2.51. The van der Waals surface area contributed by atoms with Crippen LogP contribution in [0.3, 0.4) is 0 Å². The maximum atomic E-state index is 13.0. The van der Waals surface area contributed by atoms with Crippen LogP contribution in [0.25, 0.3) is 11.1 Å². The molecule has 7 heteroatoms. The summed E-state index contributed by atoms with van der Waals surface area (Å²) in [6, 6.07) is 15.5. The molecule has 2 aliphatic rings. The number of fused-ring (bicyclic) bond motifs is 3. The molecule has 186 valence electrons. The Morgan fingerprint density at radius 2 is 1.66 bits per heavy atom. The van der Waals surface area contributed by atoms with Crippen molar-refractivity contribution >= 4 is 18.0 Å². The molecule has 0 aliphatic heterocycles. The van der Waals surface area contributed by atoms with E-state index < -0.39 is 24.0 Å². The van der Waals surface area contributed by atoms with E-state index in [0.29, 0.717) is 19.4 Å². The first-order valence-electron chi connectivity index (χ1n) is 12.5. The van der Waals surface area contributed by atoms with E-state index in [2.05, 4.69) is 34.9 Å². The van der Waals surface area contributed by atoms with Crippen LogP contribution in [0.4, 0.5) is 4.79 Å². The summed E-state index contributed by atoms with van der Waals surface area (Å²) in [6.07, 6.45) is 2.34. The van der Waals surface area contributed by atoms with E-state index in [1.807, 2.05) is 38.1 Å². The van der Waals surface area contributed by atoms with Crippen molar-refractivity contribution in [2.24, 2.45) is 17.8 Å². The van der Waals surface area contributed by atoms with Gasteiger partial charge >= 0.3 is 12.1 Å². The molecule has 3 N–H and O–H groups in total. The highest BCUT2D eigenvalue weighted by molar-refractivity contribution is 5.86. The molecule has 7 nitrogen and oxygen atoms in total. The van der Waals surface area contributed by atoms with Gasteiger partial charge in [-0.2, -0.15) is 0 Å². The zero-order chi connectivity index (χ0) is 24.9. The predicted molar refractivity (Wildman–Crippen MR) is 133 cm³/mol. The van der Waals surface area contributed by atoms with E-state index in [-0.39, 0.29) is 30.3 Å². The van der Waals surface area contributed by atoms with Crippen LogP contribution >= 0.6 is 0 Å². The molecule has 0 bridgehead atoms. The molecule has 1 saturated carbocycles. The quantitative estimate of drug-likeness (QED) is 0.490. The van der Waals surface area contributed by atoms with Gasteiger partial charge in [-0.3, -0.25) is 9.59 Å². The maximum absolute atomic E-state index is 13.0. The molecule has 35 heavy (non-hydrogen) atoms. The number of aliphatic carboxylic acids is 1. The van der Waals surface area contributed by atoms with E-state index >= 15 is 0 Å². The average molecular weight is 479 g/mol. The largest absolute Gasteiger partial charge is 0.481 e. The second-order valence-electron chi connectivity index (χ2n) is 9.71. The Morgan fingerprint density at radius 1 is 1.03 bits per heavy atom. The van der Waals surface area contributed by atoms with Crippen molar-refractivity contribution < 1.29 is 24.2 Å². The predicted octanol–water partition coefficient (Wildman–Crippen LogP) is 4.56. The SMILES string of the molecule is CCC(C)C(NC(=O)OCC1c2ccccc2-c2ccccc21)C(=O)NC[C@@H]1CCC[C@@H]1C(=O)O. The summed E-state index contributed by atoms with van der Waals surface area (Å²) >= 11 is 0. The lowest BCUT2D eigenvalue weighted by molar-refractivity contribution is -0.143. The number of alkyl carbamates (subject to hydrolysis) is 1. The third-order valence-corrected chi connectivity index (χ3v) is 7.63. The topological polar surface area (TPSA) is 105 Å². The molecular formula is C28H34N2O5. The molecule has 2 unspecified atom stereocenters. The van der Waals surface area contributed by atoms with Crippen molar-refractivity contribution in [2.75, 3.05) is 13.2 Å².